The Morgan fingerprint density at radius 3 is 1.12 bits per heavy atom. The minimum absolute atomic E-state index is 0.690. The van der Waals surface area contributed by atoms with Gasteiger partial charge >= 0.3 is 0 Å². The van der Waals surface area contributed by atoms with Crippen LogP contribution in [0.15, 0.2) is 121 Å². The van der Waals surface area contributed by atoms with E-state index in [4.69, 9.17) is 15.3 Å². The van der Waals surface area contributed by atoms with Crippen LogP contribution in [0.5, 0.6) is 5.75 Å². The third-order valence-corrected chi connectivity index (χ3v) is 9.03. The van der Waals surface area contributed by atoms with Crippen LogP contribution in [0, 0.1) is 22.7 Å². The highest BCUT2D eigenvalue weighted by Crippen LogP contribution is 2.26. The Morgan fingerprint density at radius 1 is 0.400 bits per heavy atom. The topological polar surface area (TPSA) is 56.8 Å². The molecule has 3 heteroatoms. The maximum atomic E-state index is 8.87. The Hall–Kier alpha value is -5.12. The molecule has 0 aliphatic carbocycles. The average Bonchev–Trinajstić information content (AvgIpc) is 3.18. The predicted molar refractivity (Wildman–Crippen MR) is 210 cm³/mol. The van der Waals surface area contributed by atoms with Crippen molar-refractivity contribution >= 4 is 0 Å². The number of aryl methyl sites for hydroxylation is 1. The lowest BCUT2D eigenvalue weighted by atomic mass is 9.98. The maximum Gasteiger partial charge on any atom is 0.119 e. The molecule has 5 aromatic carbocycles. The van der Waals surface area contributed by atoms with Crippen molar-refractivity contribution in [2.45, 2.75) is 90.9 Å². The van der Waals surface area contributed by atoms with Crippen LogP contribution in [0.2, 0.25) is 0 Å². The Labute approximate surface area is 301 Å². The van der Waals surface area contributed by atoms with Gasteiger partial charge in [0, 0.05) is 0 Å². The van der Waals surface area contributed by atoms with Crippen LogP contribution in [0.1, 0.15) is 101 Å². The summed E-state index contributed by atoms with van der Waals surface area (Å²) in [6, 6.07) is 45.3. The van der Waals surface area contributed by atoms with Gasteiger partial charge in [-0.15, -0.1) is 0 Å². The monoisotopic (exact) mass is 660 g/mol. The lowest BCUT2D eigenvalue weighted by molar-refractivity contribution is 0.304. The summed E-state index contributed by atoms with van der Waals surface area (Å²) >= 11 is 0. The van der Waals surface area contributed by atoms with E-state index in [9.17, 15) is 0 Å². The second-order valence-electron chi connectivity index (χ2n) is 13.0. The van der Waals surface area contributed by atoms with E-state index in [0.717, 1.165) is 41.9 Å². The zero-order valence-corrected chi connectivity index (χ0v) is 30.0. The third kappa shape index (κ3) is 12.7. The summed E-state index contributed by atoms with van der Waals surface area (Å²) in [6.07, 6.45) is 15.7. The van der Waals surface area contributed by atoms with Gasteiger partial charge in [-0.3, -0.25) is 0 Å². The second-order valence-corrected chi connectivity index (χ2v) is 13.0. The van der Waals surface area contributed by atoms with E-state index in [1.807, 2.05) is 60.7 Å². The summed E-state index contributed by atoms with van der Waals surface area (Å²) in [4.78, 5) is 0. The first-order chi connectivity index (χ1) is 24.6. The lowest BCUT2D eigenvalue weighted by Crippen LogP contribution is -1.97. The van der Waals surface area contributed by atoms with E-state index >= 15 is 0 Å². The van der Waals surface area contributed by atoms with E-state index in [0.29, 0.717) is 11.1 Å². The molecule has 256 valence electrons. The van der Waals surface area contributed by atoms with Crippen LogP contribution in [0.4, 0.5) is 0 Å². The number of unbranched alkanes of at least 4 members (excludes halogenated alkanes) is 9. The van der Waals surface area contributed by atoms with Crippen molar-refractivity contribution in [3.8, 4) is 51.3 Å². The molecule has 0 unspecified atom stereocenters. The third-order valence-electron chi connectivity index (χ3n) is 9.03. The van der Waals surface area contributed by atoms with Gasteiger partial charge in [0.2, 0.25) is 0 Å². The second kappa shape index (κ2) is 21.8. The Bertz CT molecular complexity index is 1740. The molecule has 0 saturated carbocycles. The van der Waals surface area contributed by atoms with Crippen LogP contribution >= 0.6 is 0 Å². The fourth-order valence-corrected chi connectivity index (χ4v) is 6.01. The molecule has 0 heterocycles. The number of ether oxygens (including phenoxy) is 1. The lowest BCUT2D eigenvalue weighted by Gasteiger charge is -2.08. The number of nitrogens with zero attached hydrogens (tertiary/aromatic N) is 2. The molecule has 5 rings (SSSR count). The number of hydrogen-bond donors (Lipinski definition) is 0. The molecule has 50 heavy (non-hydrogen) atoms. The number of benzene rings is 5. The first-order valence-corrected chi connectivity index (χ1v) is 18.6. The molecule has 0 aliphatic heterocycles. The van der Waals surface area contributed by atoms with Crippen LogP contribution in [-0.4, -0.2) is 6.61 Å². The summed E-state index contributed by atoms with van der Waals surface area (Å²) in [7, 11) is 0. The van der Waals surface area contributed by atoms with E-state index in [1.165, 1.54) is 86.5 Å². The average molecular weight is 661 g/mol. The van der Waals surface area contributed by atoms with Gasteiger partial charge in [0.15, 0.2) is 0 Å². The Balaban J connectivity index is 0.000000227. The van der Waals surface area contributed by atoms with Crippen LogP contribution in [0.25, 0.3) is 33.4 Å². The predicted octanol–water partition coefficient (Wildman–Crippen LogP) is 13.4. The van der Waals surface area contributed by atoms with Crippen molar-refractivity contribution in [3.05, 3.63) is 138 Å². The van der Waals surface area contributed by atoms with Crippen molar-refractivity contribution in [3.63, 3.8) is 0 Å². The number of rotatable bonds is 17. The normalized spacial score (nSPS) is 10.4. The Morgan fingerprint density at radius 2 is 0.740 bits per heavy atom. The van der Waals surface area contributed by atoms with Crippen molar-refractivity contribution in [1.29, 1.82) is 10.5 Å². The molecular weight excluding hydrogens is 609 g/mol. The van der Waals surface area contributed by atoms with Gasteiger partial charge in [-0.1, -0.05) is 163 Å². The highest BCUT2D eigenvalue weighted by molar-refractivity contribution is 5.71. The van der Waals surface area contributed by atoms with Crippen molar-refractivity contribution in [2.75, 3.05) is 6.61 Å². The molecule has 0 amide bonds. The van der Waals surface area contributed by atoms with Gasteiger partial charge in [0.25, 0.3) is 0 Å². The maximum absolute atomic E-state index is 8.87. The summed E-state index contributed by atoms with van der Waals surface area (Å²) in [6.45, 7) is 5.27. The molecule has 0 spiro atoms. The van der Waals surface area contributed by atoms with Gasteiger partial charge in [0.05, 0.1) is 29.9 Å². The highest BCUT2D eigenvalue weighted by atomic mass is 16.5. The van der Waals surface area contributed by atoms with Crippen LogP contribution in [-0.2, 0) is 6.42 Å². The summed E-state index contributed by atoms with van der Waals surface area (Å²) in [5.74, 6) is 0.934. The van der Waals surface area contributed by atoms with Gasteiger partial charge < -0.3 is 4.74 Å². The summed E-state index contributed by atoms with van der Waals surface area (Å²) in [5.41, 5.74) is 9.82. The van der Waals surface area contributed by atoms with Gasteiger partial charge in [-0.25, -0.2) is 0 Å². The molecule has 0 aromatic heterocycles. The zero-order chi connectivity index (χ0) is 35.2. The van der Waals surface area contributed by atoms with E-state index in [2.05, 4.69) is 86.6 Å². The molecule has 0 aliphatic rings. The fourth-order valence-electron chi connectivity index (χ4n) is 6.01. The minimum atomic E-state index is 0.690. The highest BCUT2D eigenvalue weighted by Gasteiger charge is 2.03. The molecule has 0 bridgehead atoms. The first kappa shape index (κ1) is 37.7. The van der Waals surface area contributed by atoms with Gasteiger partial charge in [0.1, 0.15) is 5.75 Å². The van der Waals surface area contributed by atoms with Crippen molar-refractivity contribution in [1.82, 2.24) is 0 Å². The van der Waals surface area contributed by atoms with Crippen molar-refractivity contribution < 1.29 is 4.74 Å². The van der Waals surface area contributed by atoms with E-state index in [-0.39, 0.29) is 0 Å². The Kier molecular flexibility index (Phi) is 16.4. The number of hydrogen-bond acceptors (Lipinski definition) is 3. The molecule has 3 nitrogen and oxygen atoms in total. The number of nitriles is 2. The largest absolute Gasteiger partial charge is 0.494 e. The van der Waals surface area contributed by atoms with E-state index in [1.54, 1.807) is 0 Å². The zero-order valence-electron chi connectivity index (χ0n) is 30.0. The SMILES string of the molecule is CCCCCCCCCCCCOc1ccc(-c2ccc(C#N)cc2)cc1.CCCc1ccc(-c2ccc(-c3ccc(C#N)cc3)cc2)cc1. The standard InChI is InChI=1S/C25H33NO.C22H19N/c1-2-3-4-5-6-7-8-9-10-11-20-27-25-18-16-24(17-19-25)23-14-12-22(21-26)13-15-23;1-2-3-17-4-8-19(9-5-17)21-12-14-22(15-13-21)20-10-6-18(16-23)7-11-20/h12-19H,2-11,20H2,1H3;4-15H,2-3H2,1H3. The fraction of sp³-hybridized carbons (Fsp3) is 0.319. The summed E-state index contributed by atoms with van der Waals surface area (Å²) in [5, 5.41) is 17.7. The summed E-state index contributed by atoms with van der Waals surface area (Å²) < 4.78 is 5.86. The van der Waals surface area contributed by atoms with Gasteiger partial charge in [-0.05, 0) is 88.2 Å². The van der Waals surface area contributed by atoms with Gasteiger partial charge in [-0.2, -0.15) is 10.5 Å². The molecule has 0 fully saturated rings. The quantitative estimate of drug-likeness (QED) is 0.0933. The molecular formula is C47H52N2O. The van der Waals surface area contributed by atoms with E-state index < -0.39 is 0 Å². The molecule has 0 saturated heterocycles. The first-order valence-electron chi connectivity index (χ1n) is 18.6. The minimum Gasteiger partial charge on any atom is -0.494 e. The van der Waals surface area contributed by atoms with Crippen LogP contribution in [0.3, 0.4) is 0 Å². The molecule has 5 aromatic rings. The van der Waals surface area contributed by atoms with Crippen LogP contribution < -0.4 is 4.74 Å². The van der Waals surface area contributed by atoms with Crippen molar-refractivity contribution in [2.24, 2.45) is 0 Å². The molecule has 0 radical (unpaired) electrons. The smallest absolute Gasteiger partial charge is 0.119 e. The molecule has 0 N–H and O–H groups in total. The molecule has 0 atom stereocenters.